The number of anilines is 2. The maximum Gasteiger partial charge on any atom is 0.230 e. The normalized spacial score (nSPS) is 34.6. The highest BCUT2D eigenvalue weighted by atomic mass is 16.5. The lowest BCUT2D eigenvalue weighted by atomic mass is 9.49. The van der Waals surface area contributed by atoms with Crippen LogP contribution in [-0.4, -0.2) is 39.3 Å². The van der Waals surface area contributed by atoms with Gasteiger partial charge in [-0.2, -0.15) is 0 Å². The lowest BCUT2D eigenvalue weighted by Gasteiger charge is -2.55. The van der Waals surface area contributed by atoms with E-state index >= 15 is 0 Å². The van der Waals surface area contributed by atoms with E-state index in [2.05, 4.69) is 22.3 Å². The molecule has 27 heavy (non-hydrogen) atoms. The summed E-state index contributed by atoms with van der Waals surface area (Å²) in [5.74, 6) is 3.26. The van der Waals surface area contributed by atoms with Crippen LogP contribution in [0.2, 0.25) is 0 Å². The molecule has 1 aromatic carbocycles. The number of methoxy groups -OCH3 is 1. The molecule has 1 amide bonds. The van der Waals surface area contributed by atoms with Gasteiger partial charge in [-0.1, -0.05) is 0 Å². The smallest absolute Gasteiger partial charge is 0.230 e. The Balaban J connectivity index is 1.38. The fraction of sp³-hybridized carbons (Fsp3) is 0.682. The molecule has 5 fully saturated rings. The highest BCUT2D eigenvalue weighted by molar-refractivity contribution is 5.97. The van der Waals surface area contributed by atoms with E-state index in [1.165, 1.54) is 19.3 Å². The third-order valence-electron chi connectivity index (χ3n) is 7.33. The number of nitrogens with zero attached hydrogens (tertiary/aromatic N) is 1. The minimum absolute atomic E-state index is 0.144. The molecule has 146 valence electrons. The van der Waals surface area contributed by atoms with Crippen molar-refractivity contribution in [1.29, 1.82) is 0 Å². The summed E-state index contributed by atoms with van der Waals surface area (Å²) in [6.45, 7) is 3.27. The molecule has 4 aliphatic carbocycles. The molecule has 1 N–H and O–H groups in total. The molecule has 4 bridgehead atoms. The second-order valence-corrected chi connectivity index (χ2v) is 9.14. The molecule has 0 spiro atoms. The SMILES string of the molecule is COc1ccc(N2CCOCC2)cc1NC(=O)C12CC3CC(CC(C3)C1)C2. The molecule has 5 heteroatoms. The molecule has 0 unspecified atom stereocenters. The van der Waals surface area contributed by atoms with Crippen molar-refractivity contribution in [3.63, 3.8) is 0 Å². The van der Waals surface area contributed by atoms with Crippen molar-refractivity contribution in [2.45, 2.75) is 38.5 Å². The lowest BCUT2D eigenvalue weighted by Crippen LogP contribution is -2.51. The van der Waals surface area contributed by atoms with Crippen LogP contribution in [0, 0.1) is 23.2 Å². The Morgan fingerprint density at radius 3 is 2.33 bits per heavy atom. The van der Waals surface area contributed by atoms with E-state index in [0.29, 0.717) is 0 Å². The minimum atomic E-state index is -0.144. The van der Waals surface area contributed by atoms with Gasteiger partial charge >= 0.3 is 0 Å². The van der Waals surface area contributed by atoms with Crippen molar-refractivity contribution in [2.24, 2.45) is 23.2 Å². The van der Waals surface area contributed by atoms with Gasteiger partial charge in [-0.15, -0.1) is 0 Å². The number of morpholine rings is 1. The Kier molecular flexibility index (Phi) is 4.30. The number of carbonyl (C=O) groups excluding carboxylic acids is 1. The fourth-order valence-corrected chi connectivity index (χ4v) is 6.46. The fourth-order valence-electron chi connectivity index (χ4n) is 6.46. The highest BCUT2D eigenvalue weighted by Gasteiger charge is 2.54. The van der Waals surface area contributed by atoms with Gasteiger partial charge in [0.05, 0.1) is 31.4 Å². The number of hydrogen-bond donors (Lipinski definition) is 1. The van der Waals surface area contributed by atoms with E-state index in [1.807, 2.05) is 6.07 Å². The van der Waals surface area contributed by atoms with E-state index in [0.717, 1.165) is 80.4 Å². The quantitative estimate of drug-likeness (QED) is 0.878. The molecule has 0 aromatic heterocycles. The van der Waals surface area contributed by atoms with Gasteiger partial charge in [0.2, 0.25) is 5.91 Å². The Labute approximate surface area is 161 Å². The number of carbonyl (C=O) groups is 1. The van der Waals surface area contributed by atoms with Crippen LogP contribution in [0.1, 0.15) is 38.5 Å². The average molecular weight is 370 g/mol. The molecular formula is C22H30N2O3. The summed E-state index contributed by atoms with van der Waals surface area (Å²) in [6, 6.07) is 6.12. The van der Waals surface area contributed by atoms with E-state index in [4.69, 9.17) is 9.47 Å². The van der Waals surface area contributed by atoms with Gasteiger partial charge in [0.1, 0.15) is 5.75 Å². The first kappa shape index (κ1) is 17.4. The van der Waals surface area contributed by atoms with Crippen LogP contribution < -0.4 is 15.0 Å². The van der Waals surface area contributed by atoms with Crippen LogP contribution in [0.25, 0.3) is 0 Å². The molecule has 1 saturated heterocycles. The Morgan fingerprint density at radius 1 is 1.11 bits per heavy atom. The molecule has 0 radical (unpaired) electrons. The number of nitrogens with one attached hydrogen (secondary N) is 1. The number of hydrogen-bond acceptors (Lipinski definition) is 4. The van der Waals surface area contributed by atoms with Gasteiger partial charge < -0.3 is 19.7 Å². The maximum absolute atomic E-state index is 13.4. The van der Waals surface area contributed by atoms with Crippen LogP contribution in [-0.2, 0) is 9.53 Å². The van der Waals surface area contributed by atoms with E-state index in [9.17, 15) is 4.79 Å². The van der Waals surface area contributed by atoms with Gasteiger partial charge in [-0.05, 0) is 74.5 Å². The van der Waals surface area contributed by atoms with Crippen molar-refractivity contribution in [2.75, 3.05) is 43.6 Å². The average Bonchev–Trinajstić information content (AvgIpc) is 2.67. The first-order chi connectivity index (χ1) is 13.1. The standard InChI is InChI=1S/C22H30N2O3/c1-26-20-3-2-18(24-4-6-27-7-5-24)11-19(20)23-21(25)22-12-15-8-16(13-22)10-17(9-15)14-22/h2-3,11,15-17H,4-10,12-14H2,1H3,(H,23,25). The molecule has 5 nitrogen and oxygen atoms in total. The highest BCUT2D eigenvalue weighted by Crippen LogP contribution is 2.60. The van der Waals surface area contributed by atoms with Gasteiger partial charge in [0.25, 0.3) is 0 Å². The van der Waals surface area contributed by atoms with E-state index < -0.39 is 0 Å². The summed E-state index contributed by atoms with van der Waals surface area (Å²) in [7, 11) is 1.67. The summed E-state index contributed by atoms with van der Waals surface area (Å²) in [5.41, 5.74) is 1.79. The van der Waals surface area contributed by atoms with Crippen LogP contribution in [0.5, 0.6) is 5.75 Å². The van der Waals surface area contributed by atoms with Crippen LogP contribution >= 0.6 is 0 Å². The first-order valence-corrected chi connectivity index (χ1v) is 10.5. The van der Waals surface area contributed by atoms with Crippen LogP contribution in [0.3, 0.4) is 0 Å². The summed E-state index contributed by atoms with van der Waals surface area (Å²) >= 11 is 0. The van der Waals surface area contributed by atoms with E-state index in [1.54, 1.807) is 7.11 Å². The third kappa shape index (κ3) is 3.10. The van der Waals surface area contributed by atoms with Crippen molar-refractivity contribution in [1.82, 2.24) is 0 Å². The van der Waals surface area contributed by atoms with Gasteiger partial charge in [0, 0.05) is 18.8 Å². The van der Waals surface area contributed by atoms with Crippen molar-refractivity contribution in [3.05, 3.63) is 18.2 Å². The minimum Gasteiger partial charge on any atom is -0.495 e. The molecular weight excluding hydrogens is 340 g/mol. The van der Waals surface area contributed by atoms with Crippen molar-refractivity contribution in [3.8, 4) is 5.75 Å². The molecule has 1 aromatic rings. The van der Waals surface area contributed by atoms with E-state index in [-0.39, 0.29) is 11.3 Å². The van der Waals surface area contributed by atoms with Crippen molar-refractivity contribution >= 4 is 17.3 Å². The summed E-state index contributed by atoms with van der Waals surface area (Å²) < 4.78 is 11.0. The monoisotopic (exact) mass is 370 g/mol. The topological polar surface area (TPSA) is 50.8 Å². The largest absolute Gasteiger partial charge is 0.495 e. The second-order valence-electron chi connectivity index (χ2n) is 9.14. The maximum atomic E-state index is 13.4. The zero-order valence-corrected chi connectivity index (χ0v) is 16.2. The van der Waals surface area contributed by atoms with Crippen molar-refractivity contribution < 1.29 is 14.3 Å². The third-order valence-corrected chi connectivity index (χ3v) is 7.33. The summed E-state index contributed by atoms with van der Waals surface area (Å²) in [5, 5.41) is 3.28. The number of benzene rings is 1. The van der Waals surface area contributed by atoms with Crippen LogP contribution in [0.4, 0.5) is 11.4 Å². The molecule has 6 rings (SSSR count). The van der Waals surface area contributed by atoms with Gasteiger partial charge in [0.15, 0.2) is 0 Å². The number of amides is 1. The number of ether oxygens (including phenoxy) is 2. The Morgan fingerprint density at radius 2 is 1.74 bits per heavy atom. The molecule has 1 aliphatic heterocycles. The Bertz CT molecular complexity index is 691. The van der Waals surface area contributed by atoms with Gasteiger partial charge in [-0.3, -0.25) is 4.79 Å². The first-order valence-electron chi connectivity index (χ1n) is 10.5. The second kappa shape index (κ2) is 6.69. The molecule has 5 aliphatic rings. The lowest BCUT2D eigenvalue weighted by molar-refractivity contribution is -0.140. The summed E-state index contributed by atoms with van der Waals surface area (Å²) in [4.78, 5) is 15.7. The predicted molar refractivity (Wildman–Crippen MR) is 105 cm³/mol. The molecule has 1 heterocycles. The van der Waals surface area contributed by atoms with Gasteiger partial charge in [-0.25, -0.2) is 0 Å². The summed E-state index contributed by atoms with van der Waals surface area (Å²) in [6.07, 6.45) is 7.29. The van der Waals surface area contributed by atoms with Crippen LogP contribution in [0.15, 0.2) is 18.2 Å². The zero-order valence-electron chi connectivity index (χ0n) is 16.2. The number of rotatable bonds is 4. The molecule has 0 atom stereocenters. The molecule has 4 saturated carbocycles. The predicted octanol–water partition coefficient (Wildman–Crippen LogP) is 3.69. The Hall–Kier alpha value is -1.75. The zero-order chi connectivity index (χ0) is 18.4.